The Morgan fingerprint density at radius 1 is 1.60 bits per heavy atom. The zero-order valence-corrected chi connectivity index (χ0v) is 9.22. The molecule has 1 heterocycles. The first-order valence-corrected chi connectivity index (χ1v) is 5.53. The Kier molecular flexibility index (Phi) is 4.37. The van der Waals surface area contributed by atoms with Crippen LogP contribution in [0, 0.1) is 17.0 Å². The van der Waals surface area contributed by atoms with E-state index in [1.165, 1.54) is 10.8 Å². The van der Waals surface area contributed by atoms with E-state index < -0.39 is 15.0 Å². The highest BCUT2D eigenvalue weighted by molar-refractivity contribution is 7.85. The van der Waals surface area contributed by atoms with Crippen molar-refractivity contribution in [3.63, 3.8) is 0 Å². The van der Waals surface area contributed by atoms with Crippen LogP contribution in [0.15, 0.2) is 6.20 Å². The Labute approximate surface area is 86.5 Å². The van der Waals surface area contributed by atoms with Gasteiger partial charge in [0.1, 0.15) is 6.20 Å². The van der Waals surface area contributed by atoms with E-state index >= 15 is 0 Å². The number of nitrogens with zero attached hydrogens (tertiary/aromatic N) is 3. The van der Waals surface area contributed by atoms with Crippen molar-refractivity contribution in [2.24, 2.45) is 7.05 Å². The van der Waals surface area contributed by atoms with Crippen LogP contribution in [-0.2, 0) is 17.2 Å². The van der Waals surface area contributed by atoms with Crippen LogP contribution in [-0.4, -0.2) is 33.7 Å². The van der Waals surface area contributed by atoms with Crippen molar-refractivity contribution in [3.8, 4) is 0 Å². The summed E-state index contributed by atoms with van der Waals surface area (Å²) >= 11 is 0. The molecule has 9 heteroatoms. The first kappa shape index (κ1) is 13.5. The molecule has 0 fully saturated rings. The summed E-state index contributed by atoms with van der Waals surface area (Å²) in [5.74, 6) is 0.671. The predicted octanol–water partition coefficient (Wildman–Crippen LogP) is 0.141. The van der Waals surface area contributed by atoms with Crippen LogP contribution in [0.4, 0.5) is 5.82 Å². The molecule has 1 aromatic heterocycles. The zero-order valence-electron chi connectivity index (χ0n) is 8.41. The van der Waals surface area contributed by atoms with Gasteiger partial charge in [-0.15, -0.1) is 0 Å². The molecule has 0 spiro atoms. The summed E-state index contributed by atoms with van der Waals surface area (Å²) in [7, 11) is -2.06. The summed E-state index contributed by atoms with van der Waals surface area (Å²) < 4.78 is 27.3. The topological polar surface area (TPSA) is 115 Å². The molecule has 15 heavy (non-hydrogen) atoms. The smallest absolute Gasteiger partial charge is 0.342 e. The van der Waals surface area contributed by atoms with Gasteiger partial charge in [0.05, 0.1) is 13.3 Å². The van der Waals surface area contributed by atoms with Crippen LogP contribution in [0.1, 0.15) is 5.82 Å². The number of imidazole rings is 1. The van der Waals surface area contributed by atoms with Crippen molar-refractivity contribution in [3.05, 3.63) is 22.1 Å². The third kappa shape index (κ3) is 5.75. The van der Waals surface area contributed by atoms with Crippen molar-refractivity contribution in [2.45, 2.75) is 6.92 Å². The lowest BCUT2D eigenvalue weighted by Crippen LogP contribution is -1.97. The van der Waals surface area contributed by atoms with Gasteiger partial charge in [0.25, 0.3) is 10.1 Å². The molecule has 0 atom stereocenters. The molecular weight excluding hydrogens is 226 g/mol. The van der Waals surface area contributed by atoms with E-state index in [4.69, 9.17) is 4.55 Å². The van der Waals surface area contributed by atoms with Crippen LogP contribution in [0.25, 0.3) is 0 Å². The van der Waals surface area contributed by atoms with E-state index in [0.29, 0.717) is 12.1 Å². The summed E-state index contributed by atoms with van der Waals surface area (Å²) in [5.41, 5.74) is 0. The fourth-order valence-corrected chi connectivity index (χ4v) is 0.660. The maximum Gasteiger partial charge on any atom is 0.342 e. The highest BCUT2D eigenvalue weighted by atomic mass is 32.2. The number of aromatic nitrogens is 2. The minimum Gasteiger partial charge on any atom is -0.358 e. The number of rotatable bonds is 1. The van der Waals surface area contributed by atoms with Crippen molar-refractivity contribution < 1.29 is 17.9 Å². The zero-order chi connectivity index (χ0) is 12.2. The monoisotopic (exact) mass is 237 g/mol. The third-order valence-electron chi connectivity index (χ3n) is 1.38. The van der Waals surface area contributed by atoms with Gasteiger partial charge in [0.15, 0.2) is 5.82 Å². The summed E-state index contributed by atoms with van der Waals surface area (Å²) in [5, 5.41) is 10.2. The lowest BCUT2D eigenvalue weighted by Gasteiger charge is -1.92. The van der Waals surface area contributed by atoms with Crippen molar-refractivity contribution >= 4 is 15.9 Å². The quantitative estimate of drug-likeness (QED) is 0.422. The molecule has 86 valence electrons. The van der Waals surface area contributed by atoms with Crippen molar-refractivity contribution in [1.29, 1.82) is 0 Å². The molecule has 0 unspecified atom stereocenters. The average Bonchev–Trinajstić information content (AvgIpc) is 2.29. The van der Waals surface area contributed by atoms with Gasteiger partial charge in [-0.25, -0.2) is 9.55 Å². The minimum absolute atomic E-state index is 0.0255. The molecule has 0 aromatic carbocycles. The Morgan fingerprint density at radius 3 is 2.13 bits per heavy atom. The molecule has 0 amide bonds. The molecule has 0 saturated heterocycles. The average molecular weight is 237 g/mol. The van der Waals surface area contributed by atoms with Gasteiger partial charge >= 0.3 is 5.82 Å². The summed E-state index contributed by atoms with van der Waals surface area (Å²) in [6.07, 6.45) is 1.96. The standard InChI is InChI=1S/C5H7N3O2.CH4O3S/c1-4-6-3-5(7(4)2)8(9)10;1-5(2,3)4/h3H,1-2H3;1H3,(H,2,3,4). The maximum absolute atomic E-state index is 10.2. The molecule has 1 N–H and O–H groups in total. The summed E-state index contributed by atoms with van der Waals surface area (Å²) in [4.78, 5) is 13.5. The van der Waals surface area contributed by atoms with E-state index in [0.717, 1.165) is 0 Å². The number of hydrogen-bond donors (Lipinski definition) is 1. The molecule has 0 radical (unpaired) electrons. The fraction of sp³-hybridized carbons (Fsp3) is 0.500. The van der Waals surface area contributed by atoms with Gasteiger partial charge in [-0.3, -0.25) is 4.55 Å². The Bertz CT molecular complexity index is 441. The highest BCUT2D eigenvalue weighted by Crippen LogP contribution is 2.09. The predicted molar refractivity (Wildman–Crippen MR) is 52.1 cm³/mol. The van der Waals surface area contributed by atoms with Gasteiger partial charge < -0.3 is 10.1 Å². The lowest BCUT2D eigenvalue weighted by molar-refractivity contribution is -0.391. The maximum atomic E-state index is 10.2. The first-order valence-electron chi connectivity index (χ1n) is 3.68. The second-order valence-electron chi connectivity index (χ2n) is 2.71. The molecule has 0 saturated carbocycles. The van der Waals surface area contributed by atoms with E-state index in [2.05, 4.69) is 4.98 Å². The van der Waals surface area contributed by atoms with Crippen LogP contribution >= 0.6 is 0 Å². The fourth-order valence-electron chi connectivity index (χ4n) is 0.660. The van der Waals surface area contributed by atoms with E-state index in [-0.39, 0.29) is 5.82 Å². The first-order chi connectivity index (χ1) is 6.63. The number of aryl methyl sites for hydroxylation is 1. The van der Waals surface area contributed by atoms with Gasteiger partial charge in [-0.1, -0.05) is 0 Å². The molecule has 8 nitrogen and oxygen atoms in total. The van der Waals surface area contributed by atoms with E-state index in [1.807, 2.05) is 0 Å². The number of hydrogen-bond acceptors (Lipinski definition) is 5. The molecule has 1 aromatic rings. The Morgan fingerprint density at radius 2 is 2.00 bits per heavy atom. The van der Waals surface area contributed by atoms with E-state index in [9.17, 15) is 18.5 Å². The van der Waals surface area contributed by atoms with Gasteiger partial charge in [-0.2, -0.15) is 8.42 Å². The van der Waals surface area contributed by atoms with Gasteiger partial charge in [-0.05, 0) is 4.92 Å². The molecular formula is C6H11N3O5S. The second-order valence-corrected chi connectivity index (χ2v) is 4.18. The van der Waals surface area contributed by atoms with Crippen LogP contribution in [0.3, 0.4) is 0 Å². The van der Waals surface area contributed by atoms with Crippen molar-refractivity contribution in [1.82, 2.24) is 9.55 Å². The van der Waals surface area contributed by atoms with Gasteiger partial charge in [0, 0.05) is 6.92 Å². The van der Waals surface area contributed by atoms with Gasteiger partial charge in [0.2, 0.25) is 0 Å². The Balaban J connectivity index is 0.000000336. The van der Waals surface area contributed by atoms with Crippen molar-refractivity contribution in [2.75, 3.05) is 6.26 Å². The molecule has 0 aliphatic carbocycles. The largest absolute Gasteiger partial charge is 0.358 e. The SMILES string of the molecule is CS(=O)(=O)O.Cc1ncc([N+](=O)[O-])n1C. The number of nitro groups is 1. The second kappa shape index (κ2) is 4.84. The van der Waals surface area contributed by atoms with Crippen LogP contribution in [0.5, 0.6) is 0 Å². The lowest BCUT2D eigenvalue weighted by atomic mass is 10.7. The normalized spacial score (nSPS) is 10.4. The molecule has 0 aliphatic heterocycles. The van der Waals surface area contributed by atoms with Crippen LogP contribution < -0.4 is 0 Å². The highest BCUT2D eigenvalue weighted by Gasteiger charge is 2.11. The summed E-state index contributed by atoms with van der Waals surface area (Å²) in [6, 6.07) is 0. The third-order valence-corrected chi connectivity index (χ3v) is 1.38. The van der Waals surface area contributed by atoms with E-state index in [1.54, 1.807) is 14.0 Å². The minimum atomic E-state index is -3.67. The molecule has 0 bridgehead atoms. The molecule has 0 aliphatic rings. The molecule has 1 rings (SSSR count). The summed E-state index contributed by atoms with van der Waals surface area (Å²) in [6.45, 7) is 1.72. The van der Waals surface area contributed by atoms with Crippen LogP contribution in [0.2, 0.25) is 0 Å². The Hall–Kier alpha value is -1.48.